The van der Waals surface area contributed by atoms with Crippen LogP contribution in [0.25, 0.3) is 0 Å². The van der Waals surface area contributed by atoms with Crippen LogP contribution in [-0.2, 0) is 0 Å². The summed E-state index contributed by atoms with van der Waals surface area (Å²) < 4.78 is 0. The van der Waals surface area contributed by atoms with Crippen molar-refractivity contribution >= 4 is 0 Å². The van der Waals surface area contributed by atoms with Crippen molar-refractivity contribution in [2.75, 3.05) is 6.54 Å². The fourth-order valence-corrected chi connectivity index (χ4v) is 1.82. The van der Waals surface area contributed by atoms with Crippen LogP contribution in [0, 0.1) is 5.92 Å². The van der Waals surface area contributed by atoms with E-state index in [9.17, 15) is 0 Å². The van der Waals surface area contributed by atoms with Gasteiger partial charge in [-0.25, -0.2) is 0 Å². The van der Waals surface area contributed by atoms with Crippen molar-refractivity contribution in [1.29, 1.82) is 0 Å². The number of rotatable bonds is 9. The van der Waals surface area contributed by atoms with E-state index in [4.69, 9.17) is 0 Å². The molecule has 0 atom stereocenters. The van der Waals surface area contributed by atoms with Crippen LogP contribution in [0.4, 0.5) is 0 Å². The highest BCUT2D eigenvalue weighted by Gasteiger charge is 2.02. The van der Waals surface area contributed by atoms with Crippen molar-refractivity contribution in [3.63, 3.8) is 0 Å². The quantitative estimate of drug-likeness (QED) is 0.554. The summed E-state index contributed by atoms with van der Waals surface area (Å²) >= 11 is 0. The molecule has 0 rings (SSSR count). The van der Waals surface area contributed by atoms with Gasteiger partial charge in [0.15, 0.2) is 0 Å². The first-order valence-corrected chi connectivity index (χ1v) is 6.44. The SMILES string of the molecule is CCC(CC)CCCCCNC(C)C. The number of hydrogen-bond acceptors (Lipinski definition) is 1. The Morgan fingerprint density at radius 2 is 1.57 bits per heavy atom. The molecule has 0 aliphatic heterocycles. The molecule has 0 bridgehead atoms. The van der Waals surface area contributed by atoms with E-state index in [0.717, 1.165) is 5.92 Å². The van der Waals surface area contributed by atoms with Gasteiger partial charge in [-0.2, -0.15) is 0 Å². The number of hydrogen-bond donors (Lipinski definition) is 1. The lowest BCUT2D eigenvalue weighted by atomic mass is 9.96. The van der Waals surface area contributed by atoms with Gasteiger partial charge in [0.25, 0.3) is 0 Å². The molecule has 0 aromatic heterocycles. The summed E-state index contributed by atoms with van der Waals surface area (Å²) in [6.07, 6.45) is 8.33. The topological polar surface area (TPSA) is 12.0 Å². The van der Waals surface area contributed by atoms with Crippen LogP contribution < -0.4 is 5.32 Å². The first-order valence-electron chi connectivity index (χ1n) is 6.44. The third-order valence-corrected chi connectivity index (χ3v) is 3.00. The molecule has 0 aromatic carbocycles. The Labute approximate surface area is 90.7 Å². The molecule has 86 valence electrons. The summed E-state index contributed by atoms with van der Waals surface area (Å²) in [6.45, 7) is 10.2. The highest BCUT2D eigenvalue weighted by atomic mass is 14.9. The van der Waals surface area contributed by atoms with E-state index in [1.54, 1.807) is 0 Å². The van der Waals surface area contributed by atoms with Crippen molar-refractivity contribution in [3.8, 4) is 0 Å². The molecule has 1 nitrogen and oxygen atoms in total. The Morgan fingerprint density at radius 1 is 0.929 bits per heavy atom. The van der Waals surface area contributed by atoms with Gasteiger partial charge in [0.2, 0.25) is 0 Å². The van der Waals surface area contributed by atoms with E-state index in [1.165, 1.54) is 45.1 Å². The second kappa shape index (κ2) is 9.51. The molecule has 0 heterocycles. The molecule has 0 aromatic rings. The lowest BCUT2D eigenvalue weighted by Gasteiger charge is -2.12. The van der Waals surface area contributed by atoms with Gasteiger partial charge in [0, 0.05) is 6.04 Å². The Balaban J connectivity index is 3.12. The molecular weight excluding hydrogens is 170 g/mol. The summed E-state index contributed by atoms with van der Waals surface area (Å²) in [6, 6.07) is 0.647. The zero-order chi connectivity index (χ0) is 10.8. The summed E-state index contributed by atoms with van der Waals surface area (Å²) in [5.74, 6) is 0.980. The molecule has 0 fully saturated rings. The predicted molar refractivity (Wildman–Crippen MR) is 65.7 cm³/mol. The van der Waals surface area contributed by atoms with Gasteiger partial charge in [-0.15, -0.1) is 0 Å². The molecule has 0 amide bonds. The number of unbranched alkanes of at least 4 members (excludes halogenated alkanes) is 2. The van der Waals surface area contributed by atoms with Crippen molar-refractivity contribution in [1.82, 2.24) is 5.32 Å². The minimum absolute atomic E-state index is 0.647. The van der Waals surface area contributed by atoms with E-state index in [0.29, 0.717) is 6.04 Å². The van der Waals surface area contributed by atoms with Crippen molar-refractivity contribution in [2.45, 2.75) is 72.3 Å². The summed E-state index contributed by atoms with van der Waals surface area (Å²) in [5, 5.41) is 3.46. The van der Waals surface area contributed by atoms with Crippen molar-refractivity contribution in [2.24, 2.45) is 5.92 Å². The van der Waals surface area contributed by atoms with Crippen molar-refractivity contribution < 1.29 is 0 Å². The van der Waals surface area contributed by atoms with Gasteiger partial charge in [0.05, 0.1) is 0 Å². The van der Waals surface area contributed by atoms with Crippen LogP contribution >= 0.6 is 0 Å². The smallest absolute Gasteiger partial charge is 0.00103 e. The van der Waals surface area contributed by atoms with Gasteiger partial charge >= 0.3 is 0 Å². The van der Waals surface area contributed by atoms with E-state index < -0.39 is 0 Å². The Kier molecular flexibility index (Phi) is 9.49. The van der Waals surface area contributed by atoms with Crippen LogP contribution in [0.15, 0.2) is 0 Å². The number of nitrogens with one attached hydrogen (secondary N) is 1. The van der Waals surface area contributed by atoms with Gasteiger partial charge in [-0.3, -0.25) is 0 Å². The molecular formula is C13H29N. The Bertz CT molecular complexity index is 106. The first kappa shape index (κ1) is 14.0. The summed E-state index contributed by atoms with van der Waals surface area (Å²) in [5.41, 5.74) is 0. The third kappa shape index (κ3) is 8.55. The maximum Gasteiger partial charge on any atom is 0.00103 e. The zero-order valence-corrected chi connectivity index (χ0v) is 10.6. The first-order chi connectivity index (χ1) is 6.70. The molecule has 0 spiro atoms. The normalized spacial score (nSPS) is 11.6. The van der Waals surface area contributed by atoms with E-state index >= 15 is 0 Å². The van der Waals surface area contributed by atoms with Crippen LogP contribution in [0.1, 0.15) is 66.2 Å². The average Bonchev–Trinajstić information content (AvgIpc) is 2.16. The molecule has 0 aliphatic carbocycles. The van der Waals surface area contributed by atoms with Gasteiger partial charge in [0.1, 0.15) is 0 Å². The average molecular weight is 199 g/mol. The van der Waals surface area contributed by atoms with Gasteiger partial charge in [-0.1, -0.05) is 59.8 Å². The summed E-state index contributed by atoms with van der Waals surface area (Å²) in [7, 11) is 0. The minimum atomic E-state index is 0.647. The maximum absolute atomic E-state index is 3.46. The monoisotopic (exact) mass is 199 g/mol. The predicted octanol–water partition coefficient (Wildman–Crippen LogP) is 3.98. The minimum Gasteiger partial charge on any atom is -0.315 e. The highest BCUT2D eigenvalue weighted by molar-refractivity contribution is 4.57. The maximum atomic E-state index is 3.46. The summed E-state index contributed by atoms with van der Waals surface area (Å²) in [4.78, 5) is 0. The van der Waals surface area contributed by atoms with E-state index in [1.807, 2.05) is 0 Å². The lowest BCUT2D eigenvalue weighted by Crippen LogP contribution is -2.23. The molecule has 0 radical (unpaired) electrons. The van der Waals surface area contributed by atoms with E-state index in [2.05, 4.69) is 33.0 Å². The fourth-order valence-electron chi connectivity index (χ4n) is 1.82. The molecule has 0 aliphatic rings. The van der Waals surface area contributed by atoms with E-state index in [-0.39, 0.29) is 0 Å². The lowest BCUT2D eigenvalue weighted by molar-refractivity contribution is 0.426. The molecule has 0 saturated heterocycles. The molecule has 1 N–H and O–H groups in total. The standard InChI is InChI=1S/C13H29N/c1-5-13(6-2)10-8-7-9-11-14-12(3)4/h12-14H,5-11H2,1-4H3. The van der Waals surface area contributed by atoms with Gasteiger partial charge in [-0.05, 0) is 18.9 Å². The third-order valence-electron chi connectivity index (χ3n) is 3.00. The van der Waals surface area contributed by atoms with Gasteiger partial charge < -0.3 is 5.32 Å². The van der Waals surface area contributed by atoms with Crippen LogP contribution in [0.2, 0.25) is 0 Å². The molecule has 0 unspecified atom stereocenters. The second-order valence-electron chi connectivity index (χ2n) is 4.64. The van der Waals surface area contributed by atoms with Crippen LogP contribution in [0.3, 0.4) is 0 Å². The Morgan fingerprint density at radius 3 is 2.07 bits per heavy atom. The second-order valence-corrected chi connectivity index (χ2v) is 4.64. The van der Waals surface area contributed by atoms with Crippen LogP contribution in [-0.4, -0.2) is 12.6 Å². The molecule has 14 heavy (non-hydrogen) atoms. The molecule has 1 heteroatoms. The van der Waals surface area contributed by atoms with Crippen molar-refractivity contribution in [3.05, 3.63) is 0 Å². The fraction of sp³-hybridized carbons (Fsp3) is 1.00. The Hall–Kier alpha value is -0.0400. The zero-order valence-electron chi connectivity index (χ0n) is 10.6. The largest absolute Gasteiger partial charge is 0.315 e. The van der Waals surface area contributed by atoms with Crippen LogP contribution in [0.5, 0.6) is 0 Å². The highest BCUT2D eigenvalue weighted by Crippen LogP contribution is 2.16. The molecule has 0 saturated carbocycles.